The first-order valence-corrected chi connectivity index (χ1v) is 8.92. The van der Waals surface area contributed by atoms with Crippen LogP contribution in [-0.4, -0.2) is 26.5 Å². The van der Waals surface area contributed by atoms with Crippen LogP contribution in [0.3, 0.4) is 0 Å². The predicted molar refractivity (Wildman–Crippen MR) is 83.6 cm³/mol. The minimum atomic E-state index is -3.36. The molecule has 0 aromatic heterocycles. The fourth-order valence-corrected chi connectivity index (χ4v) is 3.93. The summed E-state index contributed by atoms with van der Waals surface area (Å²) in [4.78, 5) is 0.324. The zero-order chi connectivity index (χ0) is 15.3. The molecule has 0 bridgehead atoms. The first-order valence-electron chi connectivity index (χ1n) is 7.43. The smallest absolute Gasteiger partial charge is 0.240 e. The zero-order valence-corrected chi connectivity index (χ0v) is 13.3. The highest BCUT2D eigenvalue weighted by molar-refractivity contribution is 7.89. The molecule has 4 N–H and O–H groups in total. The summed E-state index contributed by atoms with van der Waals surface area (Å²) < 4.78 is 26.8. The van der Waals surface area contributed by atoms with E-state index in [0.29, 0.717) is 10.9 Å². The van der Waals surface area contributed by atoms with Crippen molar-refractivity contribution in [1.82, 2.24) is 4.72 Å². The molecular formula is C15H23N3O2S. The van der Waals surface area contributed by atoms with Crippen LogP contribution in [0, 0.1) is 5.41 Å². The Labute approximate surface area is 126 Å². The summed E-state index contributed by atoms with van der Waals surface area (Å²) >= 11 is 0. The van der Waals surface area contributed by atoms with Crippen LogP contribution in [0.15, 0.2) is 29.2 Å². The molecule has 0 heterocycles. The highest BCUT2D eigenvalue weighted by atomic mass is 32.2. The molecule has 2 atom stereocenters. The van der Waals surface area contributed by atoms with Crippen molar-refractivity contribution in [2.24, 2.45) is 11.1 Å². The second kappa shape index (κ2) is 4.97. The van der Waals surface area contributed by atoms with Crippen LogP contribution in [0.5, 0.6) is 0 Å². The van der Waals surface area contributed by atoms with Crippen molar-refractivity contribution in [2.75, 3.05) is 5.32 Å². The number of rotatable bonds is 5. The van der Waals surface area contributed by atoms with Gasteiger partial charge in [-0.25, -0.2) is 13.1 Å². The highest BCUT2D eigenvalue weighted by Crippen LogP contribution is 2.40. The standard InChI is InChI=1S/C15H23N3O2S/c1-15(2)13(16)9-14(15)17-10-5-7-12(8-6-10)21(19,20)18-11-3-4-11/h5-8,11,13-14,17-18H,3-4,9,16H2,1-2H3. The lowest BCUT2D eigenvalue weighted by atomic mass is 9.63. The highest BCUT2D eigenvalue weighted by Gasteiger charge is 2.45. The Morgan fingerprint density at radius 2 is 1.81 bits per heavy atom. The van der Waals surface area contributed by atoms with Crippen LogP contribution in [0.25, 0.3) is 0 Å². The van der Waals surface area contributed by atoms with Gasteiger partial charge in [0.2, 0.25) is 10.0 Å². The molecule has 116 valence electrons. The summed E-state index contributed by atoms with van der Waals surface area (Å²) in [5, 5.41) is 3.44. The van der Waals surface area contributed by atoms with Crippen LogP contribution in [0.1, 0.15) is 33.1 Å². The van der Waals surface area contributed by atoms with Gasteiger partial charge in [-0.2, -0.15) is 0 Å². The van der Waals surface area contributed by atoms with Crippen LogP contribution >= 0.6 is 0 Å². The third kappa shape index (κ3) is 2.93. The molecule has 6 heteroatoms. The van der Waals surface area contributed by atoms with Gasteiger partial charge in [-0.05, 0) is 43.5 Å². The van der Waals surface area contributed by atoms with Gasteiger partial charge in [-0.15, -0.1) is 0 Å². The minimum Gasteiger partial charge on any atom is -0.382 e. The molecule has 2 fully saturated rings. The number of sulfonamides is 1. The summed E-state index contributed by atoms with van der Waals surface area (Å²) in [6.45, 7) is 4.30. The Morgan fingerprint density at radius 1 is 1.19 bits per heavy atom. The summed E-state index contributed by atoms with van der Waals surface area (Å²) in [7, 11) is -3.36. The molecule has 21 heavy (non-hydrogen) atoms. The average Bonchev–Trinajstić information content (AvgIpc) is 3.22. The molecule has 0 amide bonds. The second-order valence-electron chi connectivity index (χ2n) is 6.78. The van der Waals surface area contributed by atoms with Gasteiger partial charge in [0, 0.05) is 29.2 Å². The maximum Gasteiger partial charge on any atom is 0.240 e. The summed E-state index contributed by atoms with van der Waals surface area (Å²) in [6, 6.07) is 7.63. The minimum absolute atomic E-state index is 0.0677. The van der Waals surface area contributed by atoms with E-state index in [0.717, 1.165) is 24.9 Å². The van der Waals surface area contributed by atoms with Crippen molar-refractivity contribution in [3.63, 3.8) is 0 Å². The number of benzene rings is 1. The number of hydrogen-bond acceptors (Lipinski definition) is 4. The molecule has 0 saturated heterocycles. The Balaban J connectivity index is 1.67. The lowest BCUT2D eigenvalue weighted by Gasteiger charge is -2.51. The van der Waals surface area contributed by atoms with Gasteiger partial charge < -0.3 is 11.1 Å². The molecule has 1 aromatic carbocycles. The molecule has 2 aliphatic rings. The van der Waals surface area contributed by atoms with E-state index >= 15 is 0 Å². The quantitative estimate of drug-likeness (QED) is 0.772. The first kappa shape index (κ1) is 14.8. The SMILES string of the molecule is CC1(C)C(N)CC1Nc1ccc(S(=O)(=O)NC2CC2)cc1. The molecule has 2 unspecified atom stereocenters. The number of nitrogens with two attached hydrogens (primary N) is 1. The van der Waals surface area contributed by atoms with Gasteiger partial charge in [0.1, 0.15) is 0 Å². The average molecular weight is 309 g/mol. The van der Waals surface area contributed by atoms with E-state index < -0.39 is 10.0 Å². The molecular weight excluding hydrogens is 286 g/mol. The van der Waals surface area contributed by atoms with Crippen LogP contribution in [-0.2, 0) is 10.0 Å². The predicted octanol–water partition coefficient (Wildman–Crippen LogP) is 1.67. The van der Waals surface area contributed by atoms with E-state index in [4.69, 9.17) is 5.73 Å². The number of nitrogens with one attached hydrogen (secondary N) is 2. The molecule has 1 aromatic rings. The molecule has 3 rings (SSSR count). The maximum atomic E-state index is 12.1. The molecule has 0 aliphatic heterocycles. The number of hydrogen-bond donors (Lipinski definition) is 3. The van der Waals surface area contributed by atoms with Crippen molar-refractivity contribution in [1.29, 1.82) is 0 Å². The Morgan fingerprint density at radius 3 is 2.29 bits per heavy atom. The first-order chi connectivity index (χ1) is 9.79. The normalized spacial score (nSPS) is 28.0. The lowest BCUT2D eigenvalue weighted by Crippen LogP contribution is -2.61. The second-order valence-corrected chi connectivity index (χ2v) is 8.49. The van der Waals surface area contributed by atoms with Crippen LogP contribution < -0.4 is 15.8 Å². The lowest BCUT2D eigenvalue weighted by molar-refractivity contribution is 0.117. The van der Waals surface area contributed by atoms with E-state index in [-0.39, 0.29) is 17.5 Å². The van der Waals surface area contributed by atoms with Gasteiger partial charge in [0.05, 0.1) is 4.90 Å². The van der Waals surface area contributed by atoms with Gasteiger partial charge in [-0.3, -0.25) is 0 Å². The topological polar surface area (TPSA) is 84.2 Å². The zero-order valence-electron chi connectivity index (χ0n) is 12.5. The fraction of sp³-hybridized carbons (Fsp3) is 0.600. The van der Waals surface area contributed by atoms with Gasteiger partial charge in [-0.1, -0.05) is 13.8 Å². The molecule has 2 saturated carbocycles. The van der Waals surface area contributed by atoms with E-state index in [2.05, 4.69) is 23.9 Å². The molecule has 0 spiro atoms. The van der Waals surface area contributed by atoms with E-state index in [1.807, 2.05) is 12.1 Å². The van der Waals surface area contributed by atoms with E-state index in [9.17, 15) is 8.42 Å². The Hall–Kier alpha value is -1.11. The molecule has 2 aliphatic carbocycles. The number of anilines is 1. The van der Waals surface area contributed by atoms with Crippen LogP contribution in [0.2, 0.25) is 0 Å². The maximum absolute atomic E-state index is 12.1. The van der Waals surface area contributed by atoms with Crippen molar-refractivity contribution in [3.8, 4) is 0 Å². The summed E-state index contributed by atoms with van der Waals surface area (Å²) in [6.07, 6.45) is 2.82. The fourth-order valence-electron chi connectivity index (χ4n) is 2.62. The monoisotopic (exact) mass is 309 g/mol. The van der Waals surface area contributed by atoms with Gasteiger partial charge >= 0.3 is 0 Å². The van der Waals surface area contributed by atoms with E-state index in [1.165, 1.54) is 0 Å². The van der Waals surface area contributed by atoms with Gasteiger partial charge in [0.25, 0.3) is 0 Å². The Kier molecular flexibility index (Phi) is 3.50. The van der Waals surface area contributed by atoms with Crippen molar-refractivity contribution in [2.45, 2.75) is 56.1 Å². The van der Waals surface area contributed by atoms with Crippen molar-refractivity contribution >= 4 is 15.7 Å². The van der Waals surface area contributed by atoms with E-state index in [1.54, 1.807) is 12.1 Å². The van der Waals surface area contributed by atoms with Crippen molar-refractivity contribution in [3.05, 3.63) is 24.3 Å². The van der Waals surface area contributed by atoms with Gasteiger partial charge in [0.15, 0.2) is 0 Å². The van der Waals surface area contributed by atoms with Crippen LogP contribution in [0.4, 0.5) is 5.69 Å². The summed E-state index contributed by atoms with van der Waals surface area (Å²) in [5.74, 6) is 0. The molecule has 0 radical (unpaired) electrons. The largest absolute Gasteiger partial charge is 0.382 e. The molecule has 5 nitrogen and oxygen atoms in total. The third-order valence-electron chi connectivity index (χ3n) is 4.75. The van der Waals surface area contributed by atoms with Crippen molar-refractivity contribution < 1.29 is 8.42 Å². The third-order valence-corrected chi connectivity index (χ3v) is 6.28. The summed E-state index contributed by atoms with van der Waals surface area (Å²) in [5.41, 5.74) is 7.01. The Bertz CT molecular complexity index is 621.